The van der Waals surface area contributed by atoms with Crippen molar-refractivity contribution in [3.05, 3.63) is 24.3 Å². The van der Waals surface area contributed by atoms with Crippen molar-refractivity contribution in [1.82, 2.24) is 9.62 Å². The smallest absolute Gasteiger partial charge is 0.243 e. The molecule has 2 rings (SSSR count). The minimum Gasteiger partial charge on any atom is -0.356 e. The lowest BCUT2D eigenvalue weighted by atomic mass is 10.0. The van der Waals surface area contributed by atoms with Crippen molar-refractivity contribution in [2.45, 2.75) is 63.4 Å². The number of anilines is 1. The Bertz CT molecular complexity index is 736. The molecule has 2 N–H and O–H groups in total. The van der Waals surface area contributed by atoms with Gasteiger partial charge in [0.05, 0.1) is 4.90 Å². The Morgan fingerprint density at radius 3 is 2.23 bits per heavy atom. The monoisotopic (exact) mass is 381 g/mol. The second-order valence-corrected chi connectivity index (χ2v) is 8.61. The van der Waals surface area contributed by atoms with E-state index in [4.69, 9.17) is 0 Å². The van der Waals surface area contributed by atoms with Gasteiger partial charge < -0.3 is 10.6 Å². The first kappa shape index (κ1) is 20.4. The van der Waals surface area contributed by atoms with Crippen LogP contribution in [0.25, 0.3) is 0 Å². The SMILES string of the molecule is CC(=O)NCCC(=O)Nc1ccc(S(=O)(=O)N2[C@H](C)CCC[C@H]2C)cc1. The molecule has 0 radical (unpaired) electrons. The minimum absolute atomic E-state index is 0.0168. The molecule has 1 aromatic rings. The van der Waals surface area contributed by atoms with Gasteiger partial charge in [-0.3, -0.25) is 9.59 Å². The molecular formula is C18H27N3O4S. The molecule has 0 aromatic heterocycles. The third-order valence-electron chi connectivity index (χ3n) is 4.55. The number of sulfonamides is 1. The average Bonchev–Trinajstić information content (AvgIpc) is 2.54. The molecule has 144 valence electrons. The van der Waals surface area contributed by atoms with Crippen molar-refractivity contribution >= 4 is 27.5 Å². The molecule has 1 aliphatic heterocycles. The van der Waals surface area contributed by atoms with Gasteiger partial charge in [0.1, 0.15) is 0 Å². The van der Waals surface area contributed by atoms with E-state index in [2.05, 4.69) is 10.6 Å². The number of nitrogens with one attached hydrogen (secondary N) is 2. The summed E-state index contributed by atoms with van der Waals surface area (Å²) in [4.78, 5) is 22.8. The first-order valence-electron chi connectivity index (χ1n) is 8.89. The molecule has 7 nitrogen and oxygen atoms in total. The Kier molecular flexibility index (Phi) is 6.77. The number of carbonyl (C=O) groups is 2. The van der Waals surface area contributed by atoms with E-state index in [9.17, 15) is 18.0 Å². The van der Waals surface area contributed by atoms with Crippen molar-refractivity contribution in [2.24, 2.45) is 0 Å². The van der Waals surface area contributed by atoms with Crippen LogP contribution in [0.4, 0.5) is 5.69 Å². The number of rotatable bonds is 6. The molecule has 0 bridgehead atoms. The van der Waals surface area contributed by atoms with Crippen LogP contribution in [0.5, 0.6) is 0 Å². The number of piperidine rings is 1. The maximum absolute atomic E-state index is 12.9. The predicted molar refractivity (Wildman–Crippen MR) is 100 cm³/mol. The average molecular weight is 381 g/mol. The lowest BCUT2D eigenvalue weighted by Crippen LogP contribution is -2.47. The third kappa shape index (κ3) is 5.04. The number of benzene rings is 1. The second-order valence-electron chi connectivity index (χ2n) is 6.77. The van der Waals surface area contributed by atoms with Crippen LogP contribution in [-0.2, 0) is 19.6 Å². The molecule has 0 unspecified atom stereocenters. The Morgan fingerprint density at radius 1 is 1.12 bits per heavy atom. The second kappa shape index (κ2) is 8.64. The lowest BCUT2D eigenvalue weighted by molar-refractivity contribution is -0.119. The summed E-state index contributed by atoms with van der Waals surface area (Å²) in [6.45, 7) is 5.53. The Morgan fingerprint density at radius 2 is 1.69 bits per heavy atom. The first-order chi connectivity index (χ1) is 12.2. The van der Waals surface area contributed by atoms with Gasteiger partial charge in [0, 0.05) is 37.7 Å². The van der Waals surface area contributed by atoms with E-state index >= 15 is 0 Å². The summed E-state index contributed by atoms with van der Waals surface area (Å²) in [5.74, 6) is -0.429. The highest BCUT2D eigenvalue weighted by Gasteiger charge is 2.35. The van der Waals surface area contributed by atoms with Crippen LogP contribution in [0.2, 0.25) is 0 Å². The van der Waals surface area contributed by atoms with Gasteiger partial charge in [-0.05, 0) is 51.0 Å². The minimum atomic E-state index is -3.56. The highest BCUT2D eigenvalue weighted by Crippen LogP contribution is 2.29. The summed E-state index contributed by atoms with van der Waals surface area (Å²) in [5.41, 5.74) is 0.525. The van der Waals surface area contributed by atoms with Gasteiger partial charge in [-0.25, -0.2) is 8.42 Å². The van der Waals surface area contributed by atoms with E-state index in [-0.39, 0.29) is 41.8 Å². The van der Waals surface area contributed by atoms with Crippen LogP contribution in [0.15, 0.2) is 29.2 Å². The molecular weight excluding hydrogens is 354 g/mol. The highest BCUT2D eigenvalue weighted by atomic mass is 32.2. The molecule has 1 aliphatic rings. The van der Waals surface area contributed by atoms with E-state index < -0.39 is 10.0 Å². The zero-order valence-corrected chi connectivity index (χ0v) is 16.3. The predicted octanol–water partition coefficient (Wildman–Crippen LogP) is 2.10. The molecule has 0 spiro atoms. The summed E-state index contributed by atoms with van der Waals surface area (Å²) >= 11 is 0. The molecule has 8 heteroatoms. The molecule has 2 atom stereocenters. The summed E-state index contributed by atoms with van der Waals surface area (Å²) in [7, 11) is -3.56. The summed E-state index contributed by atoms with van der Waals surface area (Å²) in [5, 5.41) is 5.24. The number of carbonyl (C=O) groups excluding carboxylic acids is 2. The summed E-state index contributed by atoms with van der Waals surface area (Å²) in [6.07, 6.45) is 2.93. The fourth-order valence-electron chi connectivity index (χ4n) is 3.28. The lowest BCUT2D eigenvalue weighted by Gasteiger charge is -2.37. The van der Waals surface area contributed by atoms with Crippen LogP contribution in [0.3, 0.4) is 0 Å². The molecule has 2 amide bonds. The number of amides is 2. The normalized spacial score (nSPS) is 21.2. The van der Waals surface area contributed by atoms with Crippen molar-refractivity contribution < 1.29 is 18.0 Å². The zero-order valence-electron chi connectivity index (χ0n) is 15.5. The van der Waals surface area contributed by atoms with Crippen molar-refractivity contribution in [3.8, 4) is 0 Å². The van der Waals surface area contributed by atoms with Crippen LogP contribution in [0.1, 0.15) is 46.5 Å². The molecule has 0 saturated carbocycles. The van der Waals surface area contributed by atoms with Gasteiger partial charge in [0.15, 0.2) is 0 Å². The molecule has 1 fully saturated rings. The summed E-state index contributed by atoms with van der Waals surface area (Å²) < 4.78 is 27.5. The quantitative estimate of drug-likeness (QED) is 0.789. The molecule has 1 saturated heterocycles. The van der Waals surface area contributed by atoms with E-state index in [1.165, 1.54) is 19.1 Å². The number of hydrogen-bond donors (Lipinski definition) is 2. The van der Waals surface area contributed by atoms with Crippen LogP contribution in [-0.4, -0.2) is 43.2 Å². The fraction of sp³-hybridized carbons (Fsp3) is 0.556. The fourth-order valence-corrected chi connectivity index (χ4v) is 5.16. The molecule has 0 aliphatic carbocycles. The van der Waals surface area contributed by atoms with E-state index in [1.54, 1.807) is 16.4 Å². The summed E-state index contributed by atoms with van der Waals surface area (Å²) in [6, 6.07) is 6.18. The van der Waals surface area contributed by atoms with Gasteiger partial charge in [-0.15, -0.1) is 0 Å². The maximum Gasteiger partial charge on any atom is 0.243 e. The Balaban J connectivity index is 2.04. The topological polar surface area (TPSA) is 95.6 Å². The molecule has 1 heterocycles. The van der Waals surface area contributed by atoms with Crippen LogP contribution in [0, 0.1) is 0 Å². The Labute approximate surface area is 155 Å². The van der Waals surface area contributed by atoms with Gasteiger partial charge >= 0.3 is 0 Å². The van der Waals surface area contributed by atoms with Crippen LogP contribution < -0.4 is 10.6 Å². The van der Waals surface area contributed by atoms with Crippen LogP contribution >= 0.6 is 0 Å². The third-order valence-corrected chi connectivity index (χ3v) is 6.69. The van der Waals surface area contributed by atoms with Gasteiger partial charge in [-0.2, -0.15) is 4.31 Å². The van der Waals surface area contributed by atoms with Crippen molar-refractivity contribution in [1.29, 1.82) is 0 Å². The highest BCUT2D eigenvalue weighted by molar-refractivity contribution is 7.89. The molecule has 1 aromatic carbocycles. The first-order valence-corrected chi connectivity index (χ1v) is 10.3. The van der Waals surface area contributed by atoms with Gasteiger partial charge in [0.2, 0.25) is 21.8 Å². The largest absolute Gasteiger partial charge is 0.356 e. The van der Waals surface area contributed by atoms with E-state index in [0.29, 0.717) is 5.69 Å². The van der Waals surface area contributed by atoms with Gasteiger partial charge in [-0.1, -0.05) is 6.42 Å². The van der Waals surface area contributed by atoms with Crippen molar-refractivity contribution in [2.75, 3.05) is 11.9 Å². The number of hydrogen-bond acceptors (Lipinski definition) is 4. The molecule has 26 heavy (non-hydrogen) atoms. The van der Waals surface area contributed by atoms with E-state index in [1.807, 2.05) is 13.8 Å². The maximum atomic E-state index is 12.9. The van der Waals surface area contributed by atoms with Gasteiger partial charge in [0.25, 0.3) is 0 Å². The standard InChI is InChI=1S/C18H27N3O4S/c1-13-5-4-6-14(2)21(13)26(24,25)17-9-7-16(8-10-17)20-18(23)11-12-19-15(3)22/h7-10,13-14H,4-6,11-12H2,1-3H3,(H,19,22)(H,20,23)/t13-,14-/m1/s1. The number of nitrogens with zero attached hydrogens (tertiary/aromatic N) is 1. The zero-order chi connectivity index (χ0) is 19.3. The van der Waals surface area contributed by atoms with E-state index in [0.717, 1.165) is 19.3 Å². The van der Waals surface area contributed by atoms with Crippen molar-refractivity contribution in [3.63, 3.8) is 0 Å². The Hall–Kier alpha value is -1.93.